The van der Waals surface area contributed by atoms with Crippen LogP contribution in [0.25, 0.3) is 20.9 Å². The maximum atomic E-state index is 10.9. The molecular weight excluding hydrogens is 288 g/mol. The smallest absolute Gasteiger partial charge is 0.345 e. The molecule has 20 heavy (non-hydrogen) atoms. The Morgan fingerprint density at radius 1 is 1.10 bits per heavy atom. The molecule has 1 N–H and O–H groups in total. The number of carbonyl (C=O) groups is 1. The maximum Gasteiger partial charge on any atom is 0.345 e. The number of carboxylic acid groups (broad SMARTS) is 1. The van der Waals surface area contributed by atoms with E-state index in [4.69, 9.17) is 5.11 Å². The second-order valence-electron chi connectivity index (χ2n) is 4.48. The van der Waals surface area contributed by atoms with Gasteiger partial charge in [0, 0.05) is 9.75 Å². The van der Waals surface area contributed by atoms with Crippen LogP contribution in [-0.4, -0.2) is 11.1 Å². The van der Waals surface area contributed by atoms with Gasteiger partial charge in [0.15, 0.2) is 0 Å². The van der Waals surface area contributed by atoms with Crippen molar-refractivity contribution in [2.24, 2.45) is 0 Å². The van der Waals surface area contributed by atoms with Crippen molar-refractivity contribution in [1.29, 1.82) is 0 Å². The number of carboxylic acids is 1. The Balaban J connectivity index is 1.99. The number of hydrogen-bond donors (Lipinski definition) is 1. The number of benzene rings is 1. The predicted molar refractivity (Wildman–Crippen MR) is 84.8 cm³/mol. The molecule has 0 radical (unpaired) electrons. The first-order valence-corrected chi connectivity index (χ1v) is 7.83. The summed E-state index contributed by atoms with van der Waals surface area (Å²) in [5.41, 5.74) is 3.51. The second kappa shape index (κ2) is 5.23. The third kappa shape index (κ3) is 2.40. The van der Waals surface area contributed by atoms with Crippen LogP contribution < -0.4 is 0 Å². The molecule has 4 heteroatoms. The van der Waals surface area contributed by atoms with Crippen LogP contribution >= 0.6 is 22.7 Å². The van der Waals surface area contributed by atoms with Gasteiger partial charge in [0.1, 0.15) is 4.88 Å². The van der Waals surface area contributed by atoms with E-state index >= 15 is 0 Å². The van der Waals surface area contributed by atoms with Crippen LogP contribution in [0.5, 0.6) is 0 Å². The van der Waals surface area contributed by atoms with Gasteiger partial charge >= 0.3 is 5.97 Å². The molecule has 2 aromatic heterocycles. The molecule has 0 saturated heterocycles. The summed E-state index contributed by atoms with van der Waals surface area (Å²) < 4.78 is 0. The summed E-state index contributed by atoms with van der Waals surface area (Å²) in [6.45, 7) is 2.09. The molecule has 0 atom stereocenters. The van der Waals surface area contributed by atoms with E-state index in [2.05, 4.69) is 36.6 Å². The fourth-order valence-electron chi connectivity index (χ4n) is 2.13. The quantitative estimate of drug-likeness (QED) is 0.726. The SMILES string of the molecule is Cc1cc(-c2ccc(C(=O)O)s2)ccc1-c1cccs1. The average Bonchev–Trinajstić information content (AvgIpc) is 3.10. The Kier molecular flexibility index (Phi) is 3.42. The fourth-order valence-corrected chi connectivity index (χ4v) is 3.79. The highest BCUT2D eigenvalue weighted by Gasteiger charge is 2.10. The molecule has 0 bridgehead atoms. The molecule has 2 nitrogen and oxygen atoms in total. The standard InChI is InChI=1S/C16H12O2S2/c1-10-9-11(13-6-7-15(20-13)16(17)18)4-5-12(10)14-3-2-8-19-14/h2-9H,1H3,(H,17,18). The first-order valence-electron chi connectivity index (χ1n) is 6.13. The number of thiophene rings is 2. The lowest BCUT2D eigenvalue weighted by Crippen LogP contribution is -1.89. The molecule has 0 saturated carbocycles. The third-order valence-corrected chi connectivity index (χ3v) is 5.14. The van der Waals surface area contributed by atoms with E-state index in [1.807, 2.05) is 12.1 Å². The van der Waals surface area contributed by atoms with E-state index in [0.29, 0.717) is 4.88 Å². The molecule has 1 aromatic carbocycles. The predicted octanol–water partition coefficient (Wildman–Crippen LogP) is 5.15. The molecule has 0 unspecified atom stereocenters. The minimum absolute atomic E-state index is 0.375. The molecule has 0 aliphatic rings. The molecule has 2 heterocycles. The number of rotatable bonds is 3. The second-order valence-corrected chi connectivity index (χ2v) is 6.51. The van der Waals surface area contributed by atoms with Crippen molar-refractivity contribution < 1.29 is 9.90 Å². The van der Waals surface area contributed by atoms with Gasteiger partial charge in [-0.3, -0.25) is 0 Å². The zero-order valence-electron chi connectivity index (χ0n) is 10.8. The largest absolute Gasteiger partial charge is 0.477 e. The zero-order valence-corrected chi connectivity index (χ0v) is 12.4. The Labute approximate surface area is 125 Å². The van der Waals surface area contributed by atoms with Crippen molar-refractivity contribution in [3.05, 3.63) is 58.3 Å². The van der Waals surface area contributed by atoms with Gasteiger partial charge in [-0.05, 0) is 53.3 Å². The van der Waals surface area contributed by atoms with Crippen molar-refractivity contribution in [2.75, 3.05) is 0 Å². The van der Waals surface area contributed by atoms with Crippen molar-refractivity contribution in [3.63, 3.8) is 0 Å². The van der Waals surface area contributed by atoms with Gasteiger partial charge in [-0.15, -0.1) is 22.7 Å². The van der Waals surface area contributed by atoms with Crippen LogP contribution in [-0.2, 0) is 0 Å². The van der Waals surface area contributed by atoms with E-state index < -0.39 is 5.97 Å². The molecule has 100 valence electrons. The van der Waals surface area contributed by atoms with Gasteiger partial charge in [-0.2, -0.15) is 0 Å². The molecule has 0 fully saturated rings. The van der Waals surface area contributed by atoms with Gasteiger partial charge in [-0.1, -0.05) is 18.2 Å². The van der Waals surface area contributed by atoms with E-state index in [0.717, 1.165) is 10.4 Å². The summed E-state index contributed by atoms with van der Waals surface area (Å²) in [5, 5.41) is 11.1. The van der Waals surface area contributed by atoms with Crippen LogP contribution in [0.15, 0.2) is 47.8 Å². The van der Waals surface area contributed by atoms with Crippen LogP contribution in [0.4, 0.5) is 0 Å². The molecular formula is C16H12O2S2. The topological polar surface area (TPSA) is 37.3 Å². The molecule has 3 aromatic rings. The molecule has 0 amide bonds. The number of aromatic carboxylic acids is 1. The summed E-state index contributed by atoms with van der Waals surface area (Å²) in [4.78, 5) is 13.6. The van der Waals surface area contributed by atoms with E-state index in [1.54, 1.807) is 17.4 Å². The fraction of sp³-hybridized carbons (Fsp3) is 0.0625. The van der Waals surface area contributed by atoms with E-state index in [-0.39, 0.29) is 0 Å². The van der Waals surface area contributed by atoms with E-state index in [1.165, 1.54) is 27.3 Å². The summed E-state index contributed by atoms with van der Waals surface area (Å²) in [6.07, 6.45) is 0. The molecule has 0 spiro atoms. The van der Waals surface area contributed by atoms with Gasteiger partial charge in [-0.25, -0.2) is 4.79 Å². The number of aryl methyl sites for hydroxylation is 1. The van der Waals surface area contributed by atoms with Gasteiger partial charge in [0.25, 0.3) is 0 Å². The molecule has 0 aliphatic heterocycles. The van der Waals surface area contributed by atoms with Crippen LogP contribution in [0.2, 0.25) is 0 Å². The number of hydrogen-bond acceptors (Lipinski definition) is 3. The minimum atomic E-state index is -0.867. The van der Waals surface area contributed by atoms with Crippen LogP contribution in [0.3, 0.4) is 0 Å². The molecule has 3 rings (SSSR count). The van der Waals surface area contributed by atoms with Gasteiger partial charge in [0.2, 0.25) is 0 Å². The highest BCUT2D eigenvalue weighted by atomic mass is 32.1. The lowest BCUT2D eigenvalue weighted by atomic mass is 10.0. The van der Waals surface area contributed by atoms with Gasteiger partial charge < -0.3 is 5.11 Å². The Bertz CT molecular complexity index is 755. The lowest BCUT2D eigenvalue weighted by molar-refractivity contribution is 0.0702. The highest BCUT2D eigenvalue weighted by Crippen LogP contribution is 2.33. The summed E-state index contributed by atoms with van der Waals surface area (Å²) in [6, 6.07) is 14.0. The van der Waals surface area contributed by atoms with Crippen LogP contribution in [0.1, 0.15) is 15.2 Å². The Morgan fingerprint density at radius 2 is 1.95 bits per heavy atom. The third-order valence-electron chi connectivity index (χ3n) is 3.11. The maximum absolute atomic E-state index is 10.9. The highest BCUT2D eigenvalue weighted by molar-refractivity contribution is 7.17. The van der Waals surface area contributed by atoms with Crippen molar-refractivity contribution in [1.82, 2.24) is 0 Å². The van der Waals surface area contributed by atoms with Crippen molar-refractivity contribution in [2.45, 2.75) is 6.92 Å². The molecule has 0 aliphatic carbocycles. The van der Waals surface area contributed by atoms with E-state index in [9.17, 15) is 4.79 Å². The summed E-state index contributed by atoms with van der Waals surface area (Å²) in [7, 11) is 0. The first-order chi connectivity index (χ1) is 9.65. The summed E-state index contributed by atoms with van der Waals surface area (Å²) in [5.74, 6) is -0.867. The Hall–Kier alpha value is -1.91. The minimum Gasteiger partial charge on any atom is -0.477 e. The normalized spacial score (nSPS) is 10.7. The van der Waals surface area contributed by atoms with Crippen molar-refractivity contribution in [3.8, 4) is 20.9 Å². The summed E-state index contributed by atoms with van der Waals surface area (Å²) >= 11 is 3.03. The van der Waals surface area contributed by atoms with Crippen molar-refractivity contribution >= 4 is 28.6 Å². The average molecular weight is 300 g/mol. The van der Waals surface area contributed by atoms with Crippen LogP contribution in [0, 0.1) is 6.92 Å². The van der Waals surface area contributed by atoms with Gasteiger partial charge in [0.05, 0.1) is 0 Å². The first kappa shape index (κ1) is 13.1. The Morgan fingerprint density at radius 3 is 2.55 bits per heavy atom. The lowest BCUT2D eigenvalue weighted by Gasteiger charge is -2.06. The zero-order chi connectivity index (χ0) is 14.1. The monoisotopic (exact) mass is 300 g/mol.